The van der Waals surface area contributed by atoms with E-state index in [0.717, 1.165) is 11.8 Å². The molecule has 1 aliphatic carbocycles. The Bertz CT molecular complexity index is 292. The van der Waals surface area contributed by atoms with Gasteiger partial charge < -0.3 is 4.74 Å². The standard InChI is InChI=1S/C11H15NO/c1-8-3-4-12-11(7-8)13-10-5-9(2)6-10/h3-4,7,9-10H,5-6H2,1-2H3/t9-,10-. The lowest BCUT2D eigenvalue weighted by Crippen LogP contribution is -2.32. The van der Waals surface area contributed by atoms with Crippen LogP contribution >= 0.6 is 0 Å². The molecule has 0 saturated heterocycles. The first kappa shape index (κ1) is 8.54. The lowest BCUT2D eigenvalue weighted by molar-refractivity contribution is 0.0695. The highest BCUT2D eigenvalue weighted by atomic mass is 16.5. The summed E-state index contributed by atoms with van der Waals surface area (Å²) in [6, 6.07) is 3.97. The van der Waals surface area contributed by atoms with Crippen molar-refractivity contribution in [2.45, 2.75) is 32.8 Å². The zero-order valence-electron chi connectivity index (χ0n) is 8.16. The molecule has 2 rings (SSSR count). The third kappa shape index (κ3) is 2.00. The fraction of sp³-hybridized carbons (Fsp3) is 0.545. The second kappa shape index (κ2) is 3.36. The van der Waals surface area contributed by atoms with Crippen LogP contribution in [0.2, 0.25) is 0 Å². The van der Waals surface area contributed by atoms with Gasteiger partial charge in [0, 0.05) is 12.3 Å². The second-order valence-corrected chi connectivity index (χ2v) is 3.99. The van der Waals surface area contributed by atoms with Gasteiger partial charge in [-0.15, -0.1) is 0 Å². The smallest absolute Gasteiger partial charge is 0.213 e. The zero-order valence-corrected chi connectivity index (χ0v) is 8.16. The van der Waals surface area contributed by atoms with Crippen LogP contribution in [0.5, 0.6) is 5.88 Å². The highest BCUT2D eigenvalue weighted by Gasteiger charge is 2.27. The molecule has 1 saturated carbocycles. The molecule has 0 amide bonds. The van der Waals surface area contributed by atoms with Crippen LogP contribution < -0.4 is 4.74 Å². The van der Waals surface area contributed by atoms with Gasteiger partial charge in [0.1, 0.15) is 6.10 Å². The van der Waals surface area contributed by atoms with Gasteiger partial charge in [-0.1, -0.05) is 6.92 Å². The fourth-order valence-electron chi connectivity index (χ4n) is 1.67. The maximum Gasteiger partial charge on any atom is 0.213 e. The Hall–Kier alpha value is -1.05. The first-order valence-corrected chi connectivity index (χ1v) is 4.83. The summed E-state index contributed by atoms with van der Waals surface area (Å²) >= 11 is 0. The third-order valence-electron chi connectivity index (χ3n) is 2.51. The molecule has 0 unspecified atom stereocenters. The van der Waals surface area contributed by atoms with E-state index in [0.29, 0.717) is 6.10 Å². The summed E-state index contributed by atoms with van der Waals surface area (Å²) in [5.74, 6) is 1.60. The van der Waals surface area contributed by atoms with Crippen LogP contribution in [0.15, 0.2) is 18.3 Å². The van der Waals surface area contributed by atoms with E-state index in [-0.39, 0.29) is 0 Å². The normalized spacial score (nSPS) is 26.6. The molecule has 0 spiro atoms. The van der Waals surface area contributed by atoms with Crippen molar-refractivity contribution in [2.75, 3.05) is 0 Å². The molecule has 1 aromatic heterocycles. The molecular weight excluding hydrogens is 162 g/mol. The van der Waals surface area contributed by atoms with Crippen molar-refractivity contribution >= 4 is 0 Å². The quantitative estimate of drug-likeness (QED) is 0.692. The lowest BCUT2D eigenvalue weighted by Gasteiger charge is -2.32. The molecule has 0 aliphatic heterocycles. The van der Waals surface area contributed by atoms with E-state index >= 15 is 0 Å². The minimum absolute atomic E-state index is 0.407. The molecule has 70 valence electrons. The zero-order chi connectivity index (χ0) is 9.26. The highest BCUT2D eigenvalue weighted by Crippen LogP contribution is 2.29. The molecule has 1 fully saturated rings. The summed E-state index contributed by atoms with van der Waals surface area (Å²) in [5, 5.41) is 0. The molecule has 2 heteroatoms. The van der Waals surface area contributed by atoms with Crippen molar-refractivity contribution in [3.8, 4) is 5.88 Å². The predicted octanol–water partition coefficient (Wildman–Crippen LogP) is 2.57. The first-order valence-electron chi connectivity index (χ1n) is 4.83. The van der Waals surface area contributed by atoms with Crippen molar-refractivity contribution < 1.29 is 4.74 Å². The maximum atomic E-state index is 5.69. The predicted molar refractivity (Wildman–Crippen MR) is 51.8 cm³/mol. The summed E-state index contributed by atoms with van der Waals surface area (Å²) in [5.41, 5.74) is 1.21. The van der Waals surface area contributed by atoms with E-state index in [1.807, 2.05) is 12.1 Å². The van der Waals surface area contributed by atoms with Gasteiger partial charge in [0.2, 0.25) is 5.88 Å². The Balaban J connectivity index is 1.94. The molecule has 1 aliphatic rings. The van der Waals surface area contributed by atoms with Crippen LogP contribution in [0.3, 0.4) is 0 Å². The Kier molecular flexibility index (Phi) is 2.21. The van der Waals surface area contributed by atoms with Gasteiger partial charge in [0.15, 0.2) is 0 Å². The first-order chi connectivity index (χ1) is 6.24. The molecule has 0 N–H and O–H groups in total. The number of hydrogen-bond acceptors (Lipinski definition) is 2. The van der Waals surface area contributed by atoms with E-state index in [4.69, 9.17) is 4.74 Å². The summed E-state index contributed by atoms with van der Waals surface area (Å²) in [6.07, 6.45) is 4.56. The van der Waals surface area contributed by atoms with E-state index in [1.165, 1.54) is 18.4 Å². The van der Waals surface area contributed by atoms with Gasteiger partial charge in [0.25, 0.3) is 0 Å². The molecular formula is C11H15NO. The second-order valence-electron chi connectivity index (χ2n) is 3.99. The largest absolute Gasteiger partial charge is 0.474 e. The summed E-state index contributed by atoms with van der Waals surface area (Å²) < 4.78 is 5.69. The van der Waals surface area contributed by atoms with Crippen molar-refractivity contribution in [1.29, 1.82) is 0 Å². The Morgan fingerprint density at radius 3 is 2.85 bits per heavy atom. The third-order valence-corrected chi connectivity index (χ3v) is 2.51. The number of aryl methyl sites for hydroxylation is 1. The van der Waals surface area contributed by atoms with Crippen LogP contribution in [-0.2, 0) is 0 Å². The average molecular weight is 177 g/mol. The molecule has 13 heavy (non-hydrogen) atoms. The number of pyridine rings is 1. The van der Waals surface area contributed by atoms with E-state index in [9.17, 15) is 0 Å². The van der Waals surface area contributed by atoms with Crippen molar-refractivity contribution in [3.05, 3.63) is 23.9 Å². The Morgan fingerprint density at radius 1 is 1.46 bits per heavy atom. The van der Waals surface area contributed by atoms with Crippen molar-refractivity contribution in [3.63, 3.8) is 0 Å². The molecule has 1 aromatic rings. The monoisotopic (exact) mass is 177 g/mol. The topological polar surface area (TPSA) is 22.1 Å². The van der Waals surface area contributed by atoms with Crippen LogP contribution in [0.25, 0.3) is 0 Å². The fourth-order valence-corrected chi connectivity index (χ4v) is 1.67. The van der Waals surface area contributed by atoms with Gasteiger partial charge >= 0.3 is 0 Å². The Labute approximate surface area is 78.9 Å². The molecule has 0 atom stereocenters. The number of ether oxygens (including phenoxy) is 1. The lowest BCUT2D eigenvalue weighted by atomic mass is 9.84. The molecule has 1 heterocycles. The maximum absolute atomic E-state index is 5.69. The molecule has 0 bridgehead atoms. The van der Waals surface area contributed by atoms with Crippen molar-refractivity contribution in [2.24, 2.45) is 5.92 Å². The van der Waals surface area contributed by atoms with Gasteiger partial charge in [-0.25, -0.2) is 4.98 Å². The van der Waals surface area contributed by atoms with E-state index in [1.54, 1.807) is 6.20 Å². The minimum Gasteiger partial charge on any atom is -0.474 e. The molecule has 0 aromatic carbocycles. The van der Waals surface area contributed by atoms with Crippen LogP contribution in [0.1, 0.15) is 25.3 Å². The van der Waals surface area contributed by atoms with Gasteiger partial charge in [-0.2, -0.15) is 0 Å². The molecule has 0 radical (unpaired) electrons. The number of nitrogens with zero attached hydrogens (tertiary/aromatic N) is 1. The minimum atomic E-state index is 0.407. The Morgan fingerprint density at radius 2 is 2.23 bits per heavy atom. The summed E-state index contributed by atoms with van der Waals surface area (Å²) in [6.45, 7) is 4.31. The number of hydrogen-bond donors (Lipinski definition) is 0. The van der Waals surface area contributed by atoms with Crippen LogP contribution in [0.4, 0.5) is 0 Å². The average Bonchev–Trinajstić information content (AvgIpc) is 2.01. The number of rotatable bonds is 2. The summed E-state index contributed by atoms with van der Waals surface area (Å²) in [4.78, 5) is 4.16. The van der Waals surface area contributed by atoms with E-state index < -0.39 is 0 Å². The van der Waals surface area contributed by atoms with Crippen molar-refractivity contribution in [1.82, 2.24) is 4.98 Å². The van der Waals surface area contributed by atoms with Crippen LogP contribution in [0, 0.1) is 12.8 Å². The SMILES string of the molecule is Cc1ccnc(O[C@H]2C[C@H](C)C2)c1. The van der Waals surface area contributed by atoms with Crippen LogP contribution in [-0.4, -0.2) is 11.1 Å². The molecule has 2 nitrogen and oxygen atoms in total. The number of aromatic nitrogens is 1. The summed E-state index contributed by atoms with van der Waals surface area (Å²) in [7, 11) is 0. The van der Waals surface area contributed by atoms with Gasteiger partial charge in [0.05, 0.1) is 0 Å². The van der Waals surface area contributed by atoms with E-state index in [2.05, 4.69) is 18.8 Å². The van der Waals surface area contributed by atoms with Gasteiger partial charge in [-0.3, -0.25) is 0 Å². The van der Waals surface area contributed by atoms with Gasteiger partial charge in [-0.05, 0) is 37.3 Å². The highest BCUT2D eigenvalue weighted by molar-refractivity contribution is 5.19.